The molecule has 1 saturated carbocycles. The maximum atomic E-state index is 11.5. The highest BCUT2D eigenvalue weighted by molar-refractivity contribution is 5.74. The molecule has 0 bridgehead atoms. The van der Waals surface area contributed by atoms with E-state index in [1.165, 1.54) is 19.3 Å². The van der Waals surface area contributed by atoms with Gasteiger partial charge in [0.1, 0.15) is 11.9 Å². The quantitative estimate of drug-likeness (QED) is 0.913. The summed E-state index contributed by atoms with van der Waals surface area (Å²) in [6.07, 6.45) is 9.49. The summed E-state index contributed by atoms with van der Waals surface area (Å²) in [5, 5.41) is 9.48. The minimum atomic E-state index is -0.651. The van der Waals surface area contributed by atoms with Gasteiger partial charge in [0.2, 0.25) is 0 Å². The van der Waals surface area contributed by atoms with E-state index in [9.17, 15) is 9.90 Å². The van der Waals surface area contributed by atoms with Crippen molar-refractivity contribution >= 4 is 5.97 Å². The normalized spacial score (nSPS) is 30.4. The molecule has 0 aromatic carbocycles. The van der Waals surface area contributed by atoms with Crippen molar-refractivity contribution in [2.24, 2.45) is 5.92 Å². The molecule has 20 heavy (non-hydrogen) atoms. The minimum absolute atomic E-state index is 0.285. The van der Waals surface area contributed by atoms with Crippen LogP contribution in [0.3, 0.4) is 0 Å². The predicted octanol–water partition coefficient (Wildman–Crippen LogP) is 1.91. The smallest absolute Gasteiger partial charge is 0.320 e. The molecule has 1 saturated heterocycles. The summed E-state index contributed by atoms with van der Waals surface area (Å²) >= 11 is 0. The second-order valence-electron chi connectivity index (χ2n) is 6.11. The molecule has 0 spiro atoms. The fourth-order valence-corrected chi connectivity index (χ4v) is 3.98. The van der Waals surface area contributed by atoms with Crippen molar-refractivity contribution in [3.05, 3.63) is 18.2 Å². The number of aliphatic carboxylic acids is 1. The Hall–Kier alpha value is -1.36. The van der Waals surface area contributed by atoms with Crippen molar-refractivity contribution in [2.75, 3.05) is 6.54 Å². The standard InChI is InChI=1S/C15H23N3O2/c1-11-16-6-7-17(11)8-9-18-13-5-3-2-4-12(13)10-14(18)15(19)20/h6-7,12-14H,2-5,8-10H2,1H3,(H,19,20). The lowest BCUT2D eigenvalue weighted by Crippen LogP contribution is -2.43. The van der Waals surface area contributed by atoms with Gasteiger partial charge in [-0.05, 0) is 32.1 Å². The summed E-state index contributed by atoms with van der Waals surface area (Å²) in [5.74, 6) is 0.937. The first-order chi connectivity index (χ1) is 9.66. The van der Waals surface area contributed by atoms with Crippen molar-refractivity contribution in [1.82, 2.24) is 14.5 Å². The number of carboxylic acid groups (broad SMARTS) is 1. The highest BCUT2D eigenvalue weighted by atomic mass is 16.4. The van der Waals surface area contributed by atoms with Crippen LogP contribution >= 0.6 is 0 Å². The lowest BCUT2D eigenvalue weighted by Gasteiger charge is -2.33. The number of carbonyl (C=O) groups is 1. The van der Waals surface area contributed by atoms with Crippen molar-refractivity contribution in [3.63, 3.8) is 0 Å². The van der Waals surface area contributed by atoms with E-state index in [-0.39, 0.29) is 6.04 Å². The zero-order chi connectivity index (χ0) is 14.1. The molecule has 5 nitrogen and oxygen atoms in total. The van der Waals surface area contributed by atoms with Crippen LogP contribution in [-0.4, -0.2) is 44.2 Å². The van der Waals surface area contributed by atoms with Gasteiger partial charge in [-0.3, -0.25) is 9.69 Å². The fourth-order valence-electron chi connectivity index (χ4n) is 3.98. The molecule has 0 amide bonds. The topological polar surface area (TPSA) is 58.4 Å². The summed E-state index contributed by atoms with van der Waals surface area (Å²) in [7, 11) is 0. The van der Waals surface area contributed by atoms with E-state index < -0.39 is 5.97 Å². The Balaban J connectivity index is 1.71. The first-order valence-electron chi connectivity index (χ1n) is 7.63. The summed E-state index contributed by atoms with van der Waals surface area (Å²) in [5.41, 5.74) is 0. The highest BCUT2D eigenvalue weighted by Crippen LogP contribution is 2.39. The number of nitrogens with zero attached hydrogens (tertiary/aromatic N) is 3. The number of fused-ring (bicyclic) bond motifs is 1. The van der Waals surface area contributed by atoms with Crippen molar-refractivity contribution < 1.29 is 9.90 Å². The molecule has 1 aromatic rings. The number of carboxylic acids is 1. The molecule has 2 aliphatic rings. The number of hydrogen-bond acceptors (Lipinski definition) is 3. The van der Waals surface area contributed by atoms with Crippen LogP contribution in [0.25, 0.3) is 0 Å². The van der Waals surface area contributed by atoms with E-state index in [0.29, 0.717) is 12.0 Å². The molecule has 1 aliphatic heterocycles. The molecule has 0 radical (unpaired) electrons. The highest BCUT2D eigenvalue weighted by Gasteiger charge is 2.44. The summed E-state index contributed by atoms with van der Waals surface area (Å²) in [4.78, 5) is 18.0. The molecule has 3 atom stereocenters. The number of imidazole rings is 1. The zero-order valence-electron chi connectivity index (χ0n) is 12.0. The monoisotopic (exact) mass is 277 g/mol. The van der Waals surface area contributed by atoms with Crippen LogP contribution < -0.4 is 0 Å². The van der Waals surface area contributed by atoms with Gasteiger partial charge in [-0.1, -0.05) is 12.8 Å². The molecular weight excluding hydrogens is 254 g/mol. The molecule has 110 valence electrons. The van der Waals surface area contributed by atoms with E-state index in [4.69, 9.17) is 0 Å². The largest absolute Gasteiger partial charge is 0.480 e. The van der Waals surface area contributed by atoms with Gasteiger partial charge in [0, 0.05) is 31.5 Å². The van der Waals surface area contributed by atoms with Gasteiger partial charge in [-0.25, -0.2) is 4.98 Å². The van der Waals surface area contributed by atoms with Crippen LogP contribution in [0.1, 0.15) is 37.9 Å². The third-order valence-electron chi connectivity index (χ3n) is 5.03. The molecule has 3 unspecified atom stereocenters. The van der Waals surface area contributed by atoms with E-state index in [0.717, 1.165) is 31.8 Å². The number of rotatable bonds is 4. The molecule has 5 heteroatoms. The Bertz CT molecular complexity index is 485. The summed E-state index contributed by atoms with van der Waals surface area (Å²) in [6, 6.07) is 0.195. The zero-order valence-corrected chi connectivity index (χ0v) is 12.0. The molecular formula is C15H23N3O2. The average Bonchev–Trinajstić information content (AvgIpc) is 3.00. The lowest BCUT2D eigenvalue weighted by molar-refractivity contribution is -0.142. The minimum Gasteiger partial charge on any atom is -0.480 e. The van der Waals surface area contributed by atoms with Crippen LogP contribution in [-0.2, 0) is 11.3 Å². The first-order valence-corrected chi connectivity index (χ1v) is 7.63. The molecule has 2 heterocycles. The first kappa shape index (κ1) is 13.6. The maximum absolute atomic E-state index is 11.5. The molecule has 3 rings (SSSR count). The summed E-state index contributed by atoms with van der Waals surface area (Å²) < 4.78 is 2.11. The van der Waals surface area contributed by atoms with Gasteiger partial charge >= 0.3 is 5.97 Å². The number of aromatic nitrogens is 2. The van der Waals surface area contributed by atoms with E-state index in [1.54, 1.807) is 6.20 Å². The molecule has 1 aromatic heterocycles. The second kappa shape index (κ2) is 5.56. The van der Waals surface area contributed by atoms with Gasteiger partial charge < -0.3 is 9.67 Å². The Labute approximate surface area is 119 Å². The molecule has 1 aliphatic carbocycles. The van der Waals surface area contributed by atoms with Crippen LogP contribution in [0.2, 0.25) is 0 Å². The summed E-state index contributed by atoms with van der Waals surface area (Å²) in [6.45, 7) is 3.64. The van der Waals surface area contributed by atoms with E-state index in [2.05, 4.69) is 14.5 Å². The number of likely N-dealkylation sites (tertiary alicyclic amines) is 1. The second-order valence-corrected chi connectivity index (χ2v) is 6.11. The molecule has 1 N–H and O–H groups in total. The van der Waals surface area contributed by atoms with E-state index in [1.807, 2.05) is 13.1 Å². The average molecular weight is 277 g/mol. The third-order valence-corrected chi connectivity index (χ3v) is 5.03. The van der Waals surface area contributed by atoms with Crippen molar-refractivity contribution in [2.45, 2.75) is 57.7 Å². The van der Waals surface area contributed by atoms with Crippen LogP contribution in [0, 0.1) is 12.8 Å². The van der Waals surface area contributed by atoms with Gasteiger partial charge in [-0.15, -0.1) is 0 Å². The molecule has 2 fully saturated rings. The number of hydrogen-bond donors (Lipinski definition) is 1. The SMILES string of the molecule is Cc1nccn1CCN1C(C(=O)O)CC2CCCCC21. The Morgan fingerprint density at radius 2 is 2.20 bits per heavy atom. The lowest BCUT2D eigenvalue weighted by atomic mass is 9.85. The van der Waals surface area contributed by atoms with Gasteiger partial charge in [0.05, 0.1) is 0 Å². The predicted molar refractivity (Wildman–Crippen MR) is 75.5 cm³/mol. The van der Waals surface area contributed by atoms with Crippen LogP contribution in [0.5, 0.6) is 0 Å². The number of aryl methyl sites for hydroxylation is 1. The van der Waals surface area contributed by atoms with Gasteiger partial charge in [0.15, 0.2) is 0 Å². The van der Waals surface area contributed by atoms with Crippen LogP contribution in [0.15, 0.2) is 12.4 Å². The third kappa shape index (κ3) is 2.46. The van der Waals surface area contributed by atoms with Gasteiger partial charge in [0.25, 0.3) is 0 Å². The van der Waals surface area contributed by atoms with Crippen molar-refractivity contribution in [1.29, 1.82) is 0 Å². The Morgan fingerprint density at radius 1 is 1.40 bits per heavy atom. The van der Waals surface area contributed by atoms with Crippen LogP contribution in [0.4, 0.5) is 0 Å². The fraction of sp³-hybridized carbons (Fsp3) is 0.733. The Morgan fingerprint density at radius 3 is 2.90 bits per heavy atom. The van der Waals surface area contributed by atoms with E-state index >= 15 is 0 Å². The maximum Gasteiger partial charge on any atom is 0.320 e. The van der Waals surface area contributed by atoms with Crippen molar-refractivity contribution in [3.8, 4) is 0 Å². The van der Waals surface area contributed by atoms with Gasteiger partial charge in [-0.2, -0.15) is 0 Å². The Kier molecular flexibility index (Phi) is 3.78.